The van der Waals surface area contributed by atoms with Crippen molar-refractivity contribution < 1.29 is 18.7 Å². The van der Waals surface area contributed by atoms with Crippen LogP contribution >= 0.6 is 11.6 Å². The first-order valence-electron chi connectivity index (χ1n) is 9.32. The fourth-order valence-electron chi connectivity index (χ4n) is 4.20. The van der Waals surface area contributed by atoms with Crippen molar-refractivity contribution >= 4 is 45.6 Å². The summed E-state index contributed by atoms with van der Waals surface area (Å²) in [6.07, 6.45) is 2.09. The van der Waals surface area contributed by atoms with Crippen LogP contribution in [-0.2, 0) is 24.2 Å². The molecule has 2 heterocycles. The van der Waals surface area contributed by atoms with E-state index in [0.29, 0.717) is 35.0 Å². The molecule has 8 heteroatoms. The molecule has 0 aliphatic heterocycles. The van der Waals surface area contributed by atoms with E-state index in [1.165, 1.54) is 12.1 Å². The molecule has 0 fully saturated rings. The fourth-order valence-corrected chi connectivity index (χ4v) is 4.36. The summed E-state index contributed by atoms with van der Waals surface area (Å²) in [4.78, 5) is 15.8. The Kier molecular flexibility index (Phi) is 4.20. The van der Waals surface area contributed by atoms with Crippen LogP contribution in [0.15, 0.2) is 40.8 Å². The van der Waals surface area contributed by atoms with Crippen molar-refractivity contribution in [1.82, 2.24) is 9.55 Å². The molecule has 1 unspecified atom stereocenters. The molecule has 0 spiro atoms. The molecule has 1 atom stereocenters. The van der Waals surface area contributed by atoms with E-state index in [0.717, 1.165) is 28.6 Å². The van der Waals surface area contributed by atoms with E-state index in [4.69, 9.17) is 16.0 Å². The van der Waals surface area contributed by atoms with Gasteiger partial charge in [-0.05, 0) is 55.2 Å². The molecule has 2 N–H and O–H groups in total. The van der Waals surface area contributed by atoms with Gasteiger partial charge in [-0.15, -0.1) is 0 Å². The van der Waals surface area contributed by atoms with Gasteiger partial charge < -0.3 is 19.4 Å². The zero-order valence-electron chi connectivity index (χ0n) is 15.3. The highest BCUT2D eigenvalue weighted by Gasteiger charge is 2.27. The minimum atomic E-state index is -0.917. The largest absolute Gasteiger partial charge is 0.480 e. The average Bonchev–Trinajstić information content (AvgIpc) is 3.19. The maximum Gasteiger partial charge on any atom is 0.323 e. The van der Waals surface area contributed by atoms with Gasteiger partial charge in [0.15, 0.2) is 5.58 Å². The van der Waals surface area contributed by atoms with E-state index in [-0.39, 0.29) is 18.4 Å². The molecule has 6 nitrogen and oxygen atoms in total. The number of fused-ring (bicyclic) bond motifs is 4. The first-order chi connectivity index (χ1) is 14.0. The van der Waals surface area contributed by atoms with Crippen molar-refractivity contribution in [2.24, 2.45) is 0 Å². The Balaban J connectivity index is 1.48. The molecule has 0 saturated heterocycles. The van der Waals surface area contributed by atoms with Crippen molar-refractivity contribution in [2.75, 3.05) is 5.32 Å². The van der Waals surface area contributed by atoms with Gasteiger partial charge in [-0.3, -0.25) is 4.79 Å². The lowest BCUT2D eigenvalue weighted by Crippen LogP contribution is -2.28. The number of hydrogen-bond acceptors (Lipinski definition) is 4. The predicted molar refractivity (Wildman–Crippen MR) is 108 cm³/mol. The topological polar surface area (TPSA) is 80.3 Å². The predicted octanol–water partition coefficient (Wildman–Crippen LogP) is 4.63. The molecule has 29 heavy (non-hydrogen) atoms. The molecule has 5 rings (SSSR count). The van der Waals surface area contributed by atoms with Crippen LogP contribution in [0.5, 0.6) is 0 Å². The monoisotopic (exact) mass is 413 g/mol. The first-order valence-corrected chi connectivity index (χ1v) is 9.69. The number of anilines is 1. The van der Waals surface area contributed by atoms with E-state index in [2.05, 4.69) is 10.3 Å². The van der Waals surface area contributed by atoms with Crippen molar-refractivity contribution in [1.29, 1.82) is 0 Å². The van der Waals surface area contributed by atoms with Crippen LogP contribution in [0.2, 0.25) is 5.02 Å². The highest BCUT2D eigenvalue weighted by atomic mass is 35.5. The van der Waals surface area contributed by atoms with Crippen LogP contribution in [0.4, 0.5) is 10.4 Å². The second-order valence-electron chi connectivity index (χ2n) is 7.28. The Hall–Kier alpha value is -3.06. The molecule has 0 amide bonds. The number of hydrogen-bond donors (Lipinski definition) is 2. The molecule has 0 saturated carbocycles. The van der Waals surface area contributed by atoms with Crippen LogP contribution in [0, 0.1) is 5.82 Å². The van der Waals surface area contributed by atoms with Gasteiger partial charge in [0.05, 0.1) is 0 Å². The summed E-state index contributed by atoms with van der Waals surface area (Å²) >= 11 is 6.00. The zero-order valence-corrected chi connectivity index (χ0v) is 16.0. The molecule has 2 aromatic heterocycles. The number of carboxylic acid groups (broad SMARTS) is 1. The summed E-state index contributed by atoms with van der Waals surface area (Å²) in [6, 6.07) is 10.2. The Morgan fingerprint density at radius 1 is 1.34 bits per heavy atom. The summed E-state index contributed by atoms with van der Waals surface area (Å²) < 4.78 is 21.4. The van der Waals surface area contributed by atoms with Crippen LogP contribution in [-0.4, -0.2) is 26.7 Å². The molecule has 0 bridgehead atoms. The van der Waals surface area contributed by atoms with Gasteiger partial charge in [-0.1, -0.05) is 11.6 Å². The Bertz CT molecular complexity index is 1260. The third-order valence-electron chi connectivity index (χ3n) is 5.40. The number of oxazole rings is 1. The van der Waals surface area contributed by atoms with Crippen LogP contribution < -0.4 is 5.32 Å². The van der Waals surface area contributed by atoms with Crippen molar-refractivity contribution in [3.8, 4) is 0 Å². The van der Waals surface area contributed by atoms with Crippen molar-refractivity contribution in [3.63, 3.8) is 0 Å². The standard InChI is InChI=1S/C21H17ClFN3O3/c22-11-1-4-16-19(7-11)29-21(25-16)24-13-3-6-18-15(9-13)14-8-12(23)2-5-17(14)26(18)10-20(27)28/h1-2,4-5,7-8,13H,3,6,9-10H2,(H,24,25)(H,27,28). The number of halogens is 2. The number of nitrogens with zero attached hydrogens (tertiary/aromatic N) is 2. The van der Waals surface area contributed by atoms with Gasteiger partial charge >= 0.3 is 5.97 Å². The first kappa shape index (κ1) is 18.0. The number of carbonyl (C=O) groups is 1. The van der Waals surface area contributed by atoms with E-state index >= 15 is 0 Å². The maximum absolute atomic E-state index is 13.9. The van der Waals surface area contributed by atoms with E-state index in [1.807, 2.05) is 0 Å². The number of aromatic nitrogens is 2. The molecule has 148 valence electrons. The number of aliphatic carboxylic acids is 1. The lowest BCUT2D eigenvalue weighted by atomic mass is 9.91. The number of nitrogens with one attached hydrogen (secondary N) is 1. The second-order valence-corrected chi connectivity index (χ2v) is 7.72. The molecular weight excluding hydrogens is 397 g/mol. The summed E-state index contributed by atoms with van der Waals surface area (Å²) in [5, 5.41) is 14.0. The van der Waals surface area contributed by atoms with Gasteiger partial charge in [-0.25, -0.2) is 4.39 Å². The van der Waals surface area contributed by atoms with Crippen LogP contribution in [0.25, 0.3) is 22.0 Å². The lowest BCUT2D eigenvalue weighted by molar-refractivity contribution is -0.137. The minimum absolute atomic E-state index is 0.0400. The van der Waals surface area contributed by atoms with Gasteiger partial charge in [0, 0.05) is 33.7 Å². The van der Waals surface area contributed by atoms with Crippen LogP contribution in [0.1, 0.15) is 17.7 Å². The Morgan fingerprint density at radius 3 is 3.03 bits per heavy atom. The molecule has 0 radical (unpaired) electrons. The highest BCUT2D eigenvalue weighted by Crippen LogP contribution is 2.34. The van der Waals surface area contributed by atoms with E-state index in [1.54, 1.807) is 28.8 Å². The minimum Gasteiger partial charge on any atom is -0.480 e. The zero-order chi connectivity index (χ0) is 20.1. The van der Waals surface area contributed by atoms with Gasteiger partial charge in [-0.2, -0.15) is 4.98 Å². The third kappa shape index (κ3) is 3.21. The third-order valence-corrected chi connectivity index (χ3v) is 5.64. The molecule has 4 aromatic rings. The summed E-state index contributed by atoms with van der Waals surface area (Å²) in [6.45, 7) is -0.137. The molecule has 1 aliphatic rings. The Morgan fingerprint density at radius 2 is 2.21 bits per heavy atom. The maximum atomic E-state index is 13.9. The normalized spacial score (nSPS) is 16.3. The van der Waals surface area contributed by atoms with E-state index < -0.39 is 5.97 Å². The van der Waals surface area contributed by atoms with Gasteiger partial charge in [0.25, 0.3) is 6.01 Å². The highest BCUT2D eigenvalue weighted by molar-refractivity contribution is 6.31. The summed E-state index contributed by atoms with van der Waals surface area (Å²) in [5.41, 5.74) is 4.00. The molecule has 2 aromatic carbocycles. The van der Waals surface area contributed by atoms with Gasteiger partial charge in [0.2, 0.25) is 0 Å². The smallest absolute Gasteiger partial charge is 0.323 e. The summed E-state index contributed by atoms with van der Waals surface area (Å²) in [5.74, 6) is -1.25. The van der Waals surface area contributed by atoms with Crippen molar-refractivity contribution in [3.05, 3.63) is 58.5 Å². The Labute approximate surface area is 169 Å². The molecular formula is C21H17ClFN3O3. The fraction of sp³-hybridized carbons (Fsp3) is 0.238. The number of benzene rings is 2. The number of carboxylic acids is 1. The second kappa shape index (κ2) is 6.77. The van der Waals surface area contributed by atoms with E-state index in [9.17, 15) is 14.3 Å². The molecule has 1 aliphatic carbocycles. The van der Waals surface area contributed by atoms with Crippen molar-refractivity contribution in [2.45, 2.75) is 31.8 Å². The quantitative estimate of drug-likeness (QED) is 0.510. The van der Waals surface area contributed by atoms with Gasteiger partial charge in [0.1, 0.15) is 17.9 Å². The summed E-state index contributed by atoms with van der Waals surface area (Å²) in [7, 11) is 0. The number of rotatable bonds is 4. The average molecular weight is 414 g/mol. The lowest BCUT2D eigenvalue weighted by Gasteiger charge is -2.24. The van der Waals surface area contributed by atoms with Crippen LogP contribution in [0.3, 0.4) is 0 Å². The SMILES string of the molecule is O=C(O)Cn1c2c(c3cc(F)ccc31)CC(Nc1nc3ccc(Cl)cc3o1)CC2.